The number of hydrogen-bond acceptors (Lipinski definition) is 8. The third-order valence-electron chi connectivity index (χ3n) is 7.26. The van der Waals surface area contributed by atoms with E-state index >= 15 is 0 Å². The van der Waals surface area contributed by atoms with Crippen molar-refractivity contribution in [1.29, 1.82) is 0 Å². The van der Waals surface area contributed by atoms with E-state index < -0.39 is 58.3 Å². The van der Waals surface area contributed by atoms with Crippen LogP contribution in [0.15, 0.2) is 36.7 Å². The molecule has 4 N–H and O–H groups in total. The highest BCUT2D eigenvalue weighted by Gasteiger charge is 2.66. The molecule has 5 atom stereocenters. The van der Waals surface area contributed by atoms with Crippen LogP contribution in [0.2, 0.25) is 0 Å². The lowest BCUT2D eigenvalue weighted by Crippen LogP contribution is -2.68. The monoisotopic (exact) mass is 448 g/mol. The fourth-order valence-electron chi connectivity index (χ4n) is 5.76. The maximum atomic E-state index is 13.5. The van der Waals surface area contributed by atoms with E-state index in [-0.39, 0.29) is 30.6 Å². The van der Waals surface area contributed by atoms with Gasteiger partial charge in [0.2, 0.25) is 5.91 Å². The first kappa shape index (κ1) is 21.1. The number of carbonyl (C=O) groups is 5. The van der Waals surface area contributed by atoms with Gasteiger partial charge in [0, 0.05) is 30.3 Å². The zero-order valence-corrected chi connectivity index (χ0v) is 17.4. The van der Waals surface area contributed by atoms with Gasteiger partial charge in [-0.25, -0.2) is 0 Å². The lowest BCUT2D eigenvalue weighted by Gasteiger charge is -2.48. The van der Waals surface area contributed by atoms with Gasteiger partial charge in [-0.3, -0.25) is 29.0 Å². The molecule has 3 aliphatic carbocycles. The van der Waals surface area contributed by atoms with Gasteiger partial charge in [0.05, 0.1) is 11.5 Å². The summed E-state index contributed by atoms with van der Waals surface area (Å²) in [7, 11) is 0. The van der Waals surface area contributed by atoms with E-state index in [0.717, 1.165) is 5.56 Å². The van der Waals surface area contributed by atoms with Crippen LogP contribution in [0, 0.1) is 23.7 Å². The summed E-state index contributed by atoms with van der Waals surface area (Å²) in [6.45, 7) is 0. The number of amides is 1. The third kappa shape index (κ3) is 2.82. The van der Waals surface area contributed by atoms with Crippen LogP contribution in [0.1, 0.15) is 28.8 Å². The van der Waals surface area contributed by atoms with Gasteiger partial charge < -0.3 is 15.9 Å². The van der Waals surface area contributed by atoms with E-state index in [0.29, 0.717) is 11.1 Å². The molecule has 0 bridgehead atoms. The van der Waals surface area contributed by atoms with Gasteiger partial charge in [0.1, 0.15) is 5.75 Å². The number of phenols is 1. The Balaban J connectivity index is 1.62. The number of aromatic hydroxyl groups is 1. The average Bonchev–Trinajstić information content (AvgIpc) is 2.76. The molecular formula is C24H20N2O7. The first-order chi connectivity index (χ1) is 15.7. The van der Waals surface area contributed by atoms with Crippen LogP contribution in [-0.4, -0.2) is 49.8 Å². The average molecular weight is 448 g/mol. The molecule has 3 aliphatic rings. The summed E-state index contributed by atoms with van der Waals surface area (Å²) in [6, 6.07) is 6.58. The van der Waals surface area contributed by atoms with Crippen LogP contribution in [0.5, 0.6) is 5.75 Å². The Kier molecular flexibility index (Phi) is 4.58. The molecule has 9 heteroatoms. The number of rotatable bonds is 2. The van der Waals surface area contributed by atoms with Crippen molar-refractivity contribution in [3.63, 3.8) is 0 Å². The number of nitrogens with two attached hydrogens (primary N) is 1. The molecule has 0 saturated heterocycles. The summed E-state index contributed by atoms with van der Waals surface area (Å²) in [6.07, 6.45) is 3.15. The highest BCUT2D eigenvalue weighted by Crippen LogP contribution is 2.51. The van der Waals surface area contributed by atoms with Crippen LogP contribution in [0.25, 0.3) is 11.1 Å². The largest absolute Gasteiger partial charge is 0.507 e. The van der Waals surface area contributed by atoms with Gasteiger partial charge in [-0.2, -0.15) is 0 Å². The number of phenolic OH excluding ortho intramolecular Hbond substituents is 1. The second kappa shape index (κ2) is 7.14. The van der Waals surface area contributed by atoms with Crippen molar-refractivity contribution in [3.8, 4) is 16.9 Å². The maximum absolute atomic E-state index is 13.5. The number of carbonyl (C=O) groups excluding carboxylic acids is 5. The van der Waals surface area contributed by atoms with E-state index in [2.05, 4.69) is 4.98 Å². The van der Waals surface area contributed by atoms with E-state index in [4.69, 9.17) is 5.73 Å². The molecule has 2 fully saturated rings. The number of nitrogens with zero attached hydrogens (tertiary/aromatic N) is 1. The van der Waals surface area contributed by atoms with Gasteiger partial charge in [0.15, 0.2) is 34.7 Å². The fraction of sp³-hybridized carbons (Fsp3) is 0.333. The minimum atomic E-state index is -2.64. The molecule has 1 heterocycles. The number of pyridine rings is 1. The Labute approximate surface area is 187 Å². The predicted molar refractivity (Wildman–Crippen MR) is 112 cm³/mol. The van der Waals surface area contributed by atoms with E-state index in [1.807, 2.05) is 6.07 Å². The van der Waals surface area contributed by atoms with Gasteiger partial charge in [0.25, 0.3) is 0 Å². The second-order valence-corrected chi connectivity index (χ2v) is 8.97. The molecule has 168 valence electrons. The highest BCUT2D eigenvalue weighted by molar-refractivity contribution is 6.31. The van der Waals surface area contributed by atoms with Crippen molar-refractivity contribution in [2.24, 2.45) is 29.4 Å². The molecule has 0 aliphatic heterocycles. The van der Waals surface area contributed by atoms with Crippen molar-refractivity contribution in [2.75, 3.05) is 0 Å². The second-order valence-electron chi connectivity index (χ2n) is 8.97. The molecule has 9 nitrogen and oxygen atoms in total. The Morgan fingerprint density at radius 3 is 2.52 bits per heavy atom. The summed E-state index contributed by atoms with van der Waals surface area (Å²) in [5.41, 5.74) is 4.47. The van der Waals surface area contributed by atoms with Crippen molar-refractivity contribution >= 4 is 29.0 Å². The van der Waals surface area contributed by atoms with Gasteiger partial charge in [-0.15, -0.1) is 0 Å². The van der Waals surface area contributed by atoms with Gasteiger partial charge in [-0.1, -0.05) is 12.1 Å². The fourth-order valence-corrected chi connectivity index (χ4v) is 5.76. The number of Topliss-reactive ketones (excluding diaryl/α,β-unsaturated/α-hetero) is 4. The van der Waals surface area contributed by atoms with E-state index in [1.54, 1.807) is 24.5 Å². The number of ketones is 4. The molecule has 33 heavy (non-hydrogen) atoms. The topological polar surface area (TPSA) is 165 Å². The Hall–Kier alpha value is -3.72. The summed E-state index contributed by atoms with van der Waals surface area (Å²) < 4.78 is 0. The first-order valence-electron chi connectivity index (χ1n) is 10.6. The van der Waals surface area contributed by atoms with Crippen LogP contribution in [0.3, 0.4) is 0 Å². The Bertz CT molecular complexity index is 1250. The number of fused-ring (bicyclic) bond motifs is 3. The van der Waals surface area contributed by atoms with Crippen molar-refractivity contribution in [2.45, 2.75) is 24.9 Å². The lowest BCUT2D eigenvalue weighted by atomic mass is 9.53. The SMILES string of the molecule is NC(=O)C1C(=O)C[C@@H]2C[C@@H]3Cc4c(-c5cccnc5)ccc(O)c4C(=O)C3C(=O)[C@]2(O)C1=O. The Morgan fingerprint density at radius 1 is 1.09 bits per heavy atom. The minimum absolute atomic E-state index is 0.0289. The van der Waals surface area contributed by atoms with Crippen LogP contribution < -0.4 is 5.73 Å². The summed E-state index contributed by atoms with van der Waals surface area (Å²) in [4.78, 5) is 68.0. The van der Waals surface area contributed by atoms with Crippen LogP contribution in [0.4, 0.5) is 0 Å². The van der Waals surface area contributed by atoms with E-state index in [1.165, 1.54) is 6.07 Å². The molecule has 2 unspecified atom stereocenters. The molecule has 1 aromatic carbocycles. The van der Waals surface area contributed by atoms with Crippen LogP contribution in [-0.2, 0) is 25.6 Å². The number of primary amides is 1. The molecule has 2 aromatic rings. The minimum Gasteiger partial charge on any atom is -0.507 e. The van der Waals surface area contributed by atoms with Gasteiger partial charge in [-0.05, 0) is 42.0 Å². The number of hydrogen-bond donors (Lipinski definition) is 3. The van der Waals surface area contributed by atoms with Crippen molar-refractivity contribution < 1.29 is 34.2 Å². The Morgan fingerprint density at radius 2 is 1.85 bits per heavy atom. The standard InChI is InChI=1S/C24H20N2O7/c25-23(32)19-16(28)8-12-6-11-7-14-13(10-2-1-5-26-9-10)3-4-15(27)18(14)20(29)17(11)21(30)24(12,33)22(19)31/h1-5,9,11-12,17,19,27,33H,6-8H2,(H2,25,32)/t11-,12+,17?,19?,24+/m1/s1. The highest BCUT2D eigenvalue weighted by atomic mass is 16.3. The summed E-state index contributed by atoms with van der Waals surface area (Å²) in [5, 5.41) is 21.7. The molecule has 5 rings (SSSR count). The third-order valence-corrected chi connectivity index (χ3v) is 7.26. The number of aliphatic hydroxyl groups is 1. The molecule has 2 saturated carbocycles. The van der Waals surface area contributed by atoms with Crippen LogP contribution >= 0.6 is 0 Å². The first-order valence-corrected chi connectivity index (χ1v) is 10.6. The zero-order valence-electron chi connectivity index (χ0n) is 17.4. The zero-order chi connectivity index (χ0) is 23.7. The van der Waals surface area contributed by atoms with Crippen molar-refractivity contribution in [3.05, 3.63) is 47.8 Å². The molecule has 1 aromatic heterocycles. The predicted octanol–water partition coefficient (Wildman–Crippen LogP) is 0.389. The number of aromatic nitrogens is 1. The maximum Gasteiger partial charge on any atom is 0.235 e. The summed E-state index contributed by atoms with van der Waals surface area (Å²) >= 11 is 0. The molecule has 0 radical (unpaired) electrons. The molecular weight excluding hydrogens is 428 g/mol. The normalized spacial score (nSPS) is 30.9. The smallest absolute Gasteiger partial charge is 0.235 e. The summed E-state index contributed by atoms with van der Waals surface area (Å²) in [5.74, 6) is -10.2. The molecule has 0 spiro atoms. The van der Waals surface area contributed by atoms with Crippen molar-refractivity contribution in [1.82, 2.24) is 4.98 Å². The lowest BCUT2D eigenvalue weighted by molar-refractivity contribution is -0.175. The number of benzene rings is 1. The molecule has 1 amide bonds. The van der Waals surface area contributed by atoms with Gasteiger partial charge >= 0.3 is 0 Å². The van der Waals surface area contributed by atoms with E-state index in [9.17, 15) is 34.2 Å². The quantitative estimate of drug-likeness (QED) is 0.555.